The predicted octanol–water partition coefficient (Wildman–Crippen LogP) is 4.25. The molecule has 0 saturated heterocycles. The van der Waals surface area contributed by atoms with Crippen molar-refractivity contribution in [1.29, 1.82) is 0 Å². The van der Waals surface area contributed by atoms with Gasteiger partial charge in [0.2, 0.25) is 0 Å². The Balaban J connectivity index is 2.03. The van der Waals surface area contributed by atoms with Crippen LogP contribution in [-0.2, 0) is 0 Å². The molecule has 1 aliphatic rings. The van der Waals surface area contributed by atoms with Gasteiger partial charge in [0.05, 0.1) is 6.61 Å². The average Bonchev–Trinajstić information content (AvgIpc) is 2.39. The smallest absolute Gasteiger partial charge is 0.123 e. The van der Waals surface area contributed by atoms with E-state index in [1.807, 2.05) is 24.3 Å². The van der Waals surface area contributed by atoms with E-state index in [4.69, 9.17) is 16.3 Å². The fourth-order valence-electron chi connectivity index (χ4n) is 2.38. The van der Waals surface area contributed by atoms with Crippen LogP contribution in [0.3, 0.4) is 0 Å². The van der Waals surface area contributed by atoms with Crippen molar-refractivity contribution >= 4 is 11.6 Å². The highest BCUT2D eigenvalue weighted by Crippen LogP contribution is 2.37. The fourth-order valence-corrected chi connectivity index (χ4v) is 2.51. The lowest BCUT2D eigenvalue weighted by Crippen LogP contribution is -2.14. The number of hydrogen-bond donors (Lipinski definition) is 0. The highest BCUT2D eigenvalue weighted by atomic mass is 35.5. The van der Waals surface area contributed by atoms with Crippen molar-refractivity contribution < 1.29 is 4.74 Å². The Morgan fingerprint density at radius 1 is 1.00 bits per heavy atom. The van der Waals surface area contributed by atoms with Crippen LogP contribution >= 0.6 is 11.6 Å². The van der Waals surface area contributed by atoms with E-state index in [1.165, 1.54) is 11.1 Å². The first-order valence-corrected chi connectivity index (χ1v) is 6.19. The van der Waals surface area contributed by atoms with Gasteiger partial charge in [-0.25, -0.2) is 0 Å². The predicted molar refractivity (Wildman–Crippen MR) is 69.8 cm³/mol. The third-order valence-electron chi connectivity index (χ3n) is 3.23. The van der Waals surface area contributed by atoms with Gasteiger partial charge in [0.25, 0.3) is 0 Å². The van der Waals surface area contributed by atoms with Gasteiger partial charge in [-0.3, -0.25) is 0 Å². The third kappa shape index (κ3) is 2.03. The molecule has 0 bridgehead atoms. The summed E-state index contributed by atoms with van der Waals surface area (Å²) in [6, 6.07) is 16.4. The summed E-state index contributed by atoms with van der Waals surface area (Å²) in [5.41, 5.74) is 2.59. The van der Waals surface area contributed by atoms with Crippen LogP contribution in [0.1, 0.15) is 23.5 Å². The maximum absolute atomic E-state index is 5.93. The van der Waals surface area contributed by atoms with E-state index in [2.05, 4.69) is 24.3 Å². The van der Waals surface area contributed by atoms with Gasteiger partial charge in [-0.05, 0) is 30.2 Å². The number of ether oxygens (including phenoxy) is 1. The minimum absolute atomic E-state index is 0.428. The zero-order valence-corrected chi connectivity index (χ0v) is 10.2. The number of fused-ring (bicyclic) bond motifs is 1. The monoisotopic (exact) mass is 244 g/mol. The van der Waals surface area contributed by atoms with E-state index >= 15 is 0 Å². The Morgan fingerprint density at radius 3 is 2.59 bits per heavy atom. The summed E-state index contributed by atoms with van der Waals surface area (Å²) < 4.78 is 5.67. The Labute approximate surface area is 106 Å². The molecule has 1 nitrogen and oxygen atoms in total. The maximum atomic E-state index is 5.93. The van der Waals surface area contributed by atoms with Gasteiger partial charge in [0.15, 0.2) is 0 Å². The van der Waals surface area contributed by atoms with E-state index in [9.17, 15) is 0 Å². The molecule has 1 aliphatic heterocycles. The number of benzene rings is 2. The van der Waals surface area contributed by atoms with Crippen LogP contribution in [0.2, 0.25) is 5.02 Å². The summed E-state index contributed by atoms with van der Waals surface area (Å²) in [5, 5.41) is 0.786. The van der Waals surface area contributed by atoms with Crippen molar-refractivity contribution in [2.45, 2.75) is 12.3 Å². The number of rotatable bonds is 1. The van der Waals surface area contributed by atoms with E-state index in [-0.39, 0.29) is 0 Å². The summed E-state index contributed by atoms with van der Waals surface area (Å²) >= 11 is 5.93. The molecule has 3 rings (SSSR count). The molecule has 0 N–H and O–H groups in total. The first-order chi connectivity index (χ1) is 8.34. The Morgan fingerprint density at radius 2 is 1.76 bits per heavy atom. The largest absolute Gasteiger partial charge is 0.493 e. The molecule has 0 amide bonds. The SMILES string of the molecule is Clc1ccc(C2CCOc3ccccc32)cc1. The van der Waals surface area contributed by atoms with Crippen molar-refractivity contribution in [3.05, 3.63) is 64.7 Å². The van der Waals surface area contributed by atoms with Gasteiger partial charge in [-0.15, -0.1) is 0 Å². The quantitative estimate of drug-likeness (QED) is 0.729. The maximum Gasteiger partial charge on any atom is 0.123 e. The van der Waals surface area contributed by atoms with Gasteiger partial charge in [-0.2, -0.15) is 0 Å². The van der Waals surface area contributed by atoms with Gasteiger partial charge in [0, 0.05) is 16.5 Å². The summed E-state index contributed by atoms with van der Waals surface area (Å²) in [6.07, 6.45) is 1.03. The molecular formula is C15H13ClO. The summed E-state index contributed by atoms with van der Waals surface area (Å²) in [6.45, 7) is 0.782. The van der Waals surface area contributed by atoms with Crippen molar-refractivity contribution in [1.82, 2.24) is 0 Å². The van der Waals surface area contributed by atoms with Crippen LogP contribution < -0.4 is 4.74 Å². The number of para-hydroxylation sites is 1. The van der Waals surface area contributed by atoms with Crippen molar-refractivity contribution in [2.24, 2.45) is 0 Å². The Bertz CT molecular complexity index is 519. The molecule has 0 fully saturated rings. The van der Waals surface area contributed by atoms with Crippen molar-refractivity contribution in [3.8, 4) is 5.75 Å². The fraction of sp³-hybridized carbons (Fsp3) is 0.200. The van der Waals surface area contributed by atoms with E-state index in [1.54, 1.807) is 0 Å². The second-order valence-corrected chi connectivity index (χ2v) is 4.72. The van der Waals surface area contributed by atoms with Crippen LogP contribution in [-0.4, -0.2) is 6.61 Å². The molecule has 0 spiro atoms. The molecule has 1 heterocycles. The molecule has 0 aliphatic carbocycles. The average molecular weight is 245 g/mol. The van der Waals surface area contributed by atoms with E-state index in [0.717, 1.165) is 23.8 Å². The van der Waals surface area contributed by atoms with Gasteiger partial charge in [0.1, 0.15) is 5.75 Å². The molecule has 2 aromatic rings. The second-order valence-electron chi connectivity index (χ2n) is 4.28. The van der Waals surface area contributed by atoms with Crippen molar-refractivity contribution in [2.75, 3.05) is 6.61 Å². The zero-order valence-electron chi connectivity index (χ0n) is 9.40. The van der Waals surface area contributed by atoms with Crippen LogP contribution in [0, 0.1) is 0 Å². The Kier molecular flexibility index (Phi) is 2.77. The summed E-state index contributed by atoms with van der Waals surface area (Å²) in [4.78, 5) is 0. The second kappa shape index (κ2) is 4.42. The molecule has 2 heteroatoms. The van der Waals surface area contributed by atoms with E-state index in [0.29, 0.717) is 5.92 Å². The Hall–Kier alpha value is -1.47. The van der Waals surface area contributed by atoms with Crippen LogP contribution in [0.5, 0.6) is 5.75 Å². The van der Waals surface area contributed by atoms with Crippen LogP contribution in [0.15, 0.2) is 48.5 Å². The van der Waals surface area contributed by atoms with Crippen molar-refractivity contribution in [3.63, 3.8) is 0 Å². The zero-order chi connectivity index (χ0) is 11.7. The number of hydrogen-bond acceptors (Lipinski definition) is 1. The van der Waals surface area contributed by atoms with Gasteiger partial charge in [-0.1, -0.05) is 41.9 Å². The third-order valence-corrected chi connectivity index (χ3v) is 3.48. The van der Waals surface area contributed by atoms with Gasteiger partial charge < -0.3 is 4.74 Å². The first-order valence-electron chi connectivity index (χ1n) is 5.82. The highest BCUT2D eigenvalue weighted by molar-refractivity contribution is 6.30. The molecule has 0 aromatic heterocycles. The summed E-state index contributed by atoms with van der Waals surface area (Å²) in [5.74, 6) is 1.44. The topological polar surface area (TPSA) is 9.23 Å². The lowest BCUT2D eigenvalue weighted by atomic mass is 9.87. The molecule has 0 saturated carbocycles. The van der Waals surface area contributed by atoms with Crippen LogP contribution in [0.4, 0.5) is 0 Å². The minimum Gasteiger partial charge on any atom is -0.493 e. The highest BCUT2D eigenvalue weighted by Gasteiger charge is 2.22. The molecule has 86 valence electrons. The summed E-state index contributed by atoms with van der Waals surface area (Å²) in [7, 11) is 0. The normalized spacial score (nSPS) is 18.3. The standard InChI is InChI=1S/C15H13ClO/c16-12-7-5-11(6-8-12)13-9-10-17-15-4-2-1-3-14(13)15/h1-8,13H,9-10H2. The lowest BCUT2D eigenvalue weighted by molar-refractivity contribution is 0.277. The molecule has 0 radical (unpaired) electrons. The number of halogens is 1. The minimum atomic E-state index is 0.428. The molecule has 2 aromatic carbocycles. The molecule has 1 unspecified atom stereocenters. The molecular weight excluding hydrogens is 232 g/mol. The van der Waals surface area contributed by atoms with Crippen LogP contribution in [0.25, 0.3) is 0 Å². The lowest BCUT2D eigenvalue weighted by Gasteiger charge is -2.26. The van der Waals surface area contributed by atoms with Gasteiger partial charge >= 0.3 is 0 Å². The first kappa shape index (κ1) is 10.7. The molecule has 1 atom stereocenters. The molecule has 17 heavy (non-hydrogen) atoms. The van der Waals surface area contributed by atoms with E-state index < -0.39 is 0 Å².